The van der Waals surface area contributed by atoms with Gasteiger partial charge in [0.05, 0.1) is 17.5 Å². The Morgan fingerprint density at radius 3 is 2.85 bits per heavy atom. The maximum Gasteiger partial charge on any atom is 0.345 e. The van der Waals surface area contributed by atoms with E-state index in [-0.39, 0.29) is 0 Å². The van der Waals surface area contributed by atoms with Crippen LogP contribution >= 0.6 is 34.5 Å². The number of rotatable bonds is 4. The lowest BCUT2D eigenvalue weighted by atomic mass is 10.1. The van der Waals surface area contributed by atoms with Crippen LogP contribution in [-0.4, -0.2) is 11.2 Å². The second-order valence-corrected chi connectivity index (χ2v) is 7.26. The van der Waals surface area contributed by atoms with Gasteiger partial charge >= 0.3 is 5.63 Å². The number of fused-ring (bicyclic) bond motifs is 1. The number of thiazole rings is 1. The van der Waals surface area contributed by atoms with Gasteiger partial charge in [-0.1, -0.05) is 41.4 Å². The molecular weight excluding hydrogens is 405 g/mol. The Bertz CT molecular complexity index is 1220. The van der Waals surface area contributed by atoms with Crippen LogP contribution in [0.2, 0.25) is 10.0 Å². The fraction of sp³-hybridized carbons (Fsp3) is 0. The minimum atomic E-state index is -0.457. The zero-order valence-electron chi connectivity index (χ0n) is 13.6. The molecule has 0 amide bonds. The van der Waals surface area contributed by atoms with Crippen molar-refractivity contribution >= 4 is 56.9 Å². The van der Waals surface area contributed by atoms with Crippen molar-refractivity contribution in [1.82, 2.24) is 4.98 Å². The molecule has 4 aromatic rings. The maximum atomic E-state index is 12.3. The van der Waals surface area contributed by atoms with Gasteiger partial charge in [-0.15, -0.1) is 11.3 Å². The van der Waals surface area contributed by atoms with Crippen LogP contribution in [0.5, 0.6) is 0 Å². The number of hydrogen-bond donors (Lipinski definition) is 1. The summed E-state index contributed by atoms with van der Waals surface area (Å²) in [5, 5.41) is 8.34. The standard InChI is InChI=1S/C19H11Cl2N3O2S/c20-13-5-6-17-12(7-13)8-14(18(25)26-17)16-10-27-19(23-16)24-22-9-11-3-1-2-4-15(11)21/h1-10H,(H,23,24)/b22-9+. The Balaban J connectivity index is 1.59. The molecule has 0 radical (unpaired) electrons. The molecule has 0 saturated carbocycles. The third kappa shape index (κ3) is 3.88. The van der Waals surface area contributed by atoms with Gasteiger partial charge in [0.25, 0.3) is 0 Å². The molecule has 0 saturated heterocycles. The van der Waals surface area contributed by atoms with Crippen molar-refractivity contribution in [2.45, 2.75) is 0 Å². The lowest BCUT2D eigenvalue weighted by Crippen LogP contribution is -2.03. The number of nitrogens with one attached hydrogen (secondary N) is 1. The van der Waals surface area contributed by atoms with Crippen LogP contribution in [0.3, 0.4) is 0 Å². The lowest BCUT2D eigenvalue weighted by Gasteiger charge is -2.00. The van der Waals surface area contributed by atoms with Gasteiger partial charge in [-0.25, -0.2) is 9.78 Å². The summed E-state index contributed by atoms with van der Waals surface area (Å²) in [7, 11) is 0. The molecule has 5 nitrogen and oxygen atoms in total. The predicted octanol–water partition coefficient (Wildman–Crippen LogP) is 5.67. The van der Waals surface area contributed by atoms with Gasteiger partial charge in [0.1, 0.15) is 5.58 Å². The number of hydrogen-bond acceptors (Lipinski definition) is 6. The summed E-state index contributed by atoms with van der Waals surface area (Å²) in [5.74, 6) is 0. The van der Waals surface area contributed by atoms with Gasteiger partial charge in [-0.05, 0) is 30.3 Å². The fourth-order valence-electron chi connectivity index (χ4n) is 2.46. The SMILES string of the molecule is O=c1oc2ccc(Cl)cc2cc1-c1csc(N/N=C/c2ccccc2Cl)n1. The quantitative estimate of drug-likeness (QED) is 0.265. The van der Waals surface area contributed by atoms with Gasteiger partial charge in [0, 0.05) is 26.4 Å². The Labute approximate surface area is 167 Å². The molecule has 1 N–H and O–H groups in total. The average molecular weight is 416 g/mol. The van der Waals surface area contributed by atoms with E-state index < -0.39 is 5.63 Å². The maximum absolute atomic E-state index is 12.3. The second kappa shape index (κ2) is 7.52. The van der Waals surface area contributed by atoms with Crippen LogP contribution < -0.4 is 11.1 Å². The van der Waals surface area contributed by atoms with Gasteiger partial charge in [0.2, 0.25) is 5.13 Å². The first-order valence-corrected chi connectivity index (χ1v) is 9.46. The number of hydrazone groups is 1. The molecule has 134 valence electrons. The third-order valence-electron chi connectivity index (χ3n) is 3.74. The smallest absolute Gasteiger partial charge is 0.345 e. The normalized spacial score (nSPS) is 11.3. The average Bonchev–Trinajstić information content (AvgIpc) is 3.12. The Hall–Kier alpha value is -2.67. The molecule has 0 unspecified atom stereocenters. The minimum Gasteiger partial charge on any atom is -0.422 e. The summed E-state index contributed by atoms with van der Waals surface area (Å²) >= 11 is 13.4. The minimum absolute atomic E-state index is 0.365. The van der Waals surface area contributed by atoms with Crippen molar-refractivity contribution in [2.24, 2.45) is 5.10 Å². The number of aromatic nitrogens is 1. The molecule has 2 aromatic carbocycles. The van der Waals surface area contributed by atoms with Crippen LogP contribution in [0, 0.1) is 0 Å². The fourth-order valence-corrected chi connectivity index (χ4v) is 3.48. The molecule has 8 heteroatoms. The molecule has 0 aliphatic rings. The summed E-state index contributed by atoms with van der Waals surface area (Å²) in [4.78, 5) is 16.7. The van der Waals surface area contributed by atoms with Crippen LogP contribution in [0.1, 0.15) is 5.56 Å². The molecule has 0 atom stereocenters. The van der Waals surface area contributed by atoms with E-state index in [0.29, 0.717) is 32.0 Å². The Kier molecular flexibility index (Phi) is 4.94. The summed E-state index contributed by atoms with van der Waals surface area (Å²) in [6, 6.07) is 14.2. The van der Waals surface area contributed by atoms with E-state index in [9.17, 15) is 4.79 Å². The highest BCUT2D eigenvalue weighted by molar-refractivity contribution is 7.14. The van der Waals surface area contributed by atoms with E-state index in [4.69, 9.17) is 27.6 Å². The Morgan fingerprint density at radius 2 is 2.00 bits per heavy atom. The van der Waals surface area contributed by atoms with Crippen molar-refractivity contribution in [3.05, 3.63) is 79.9 Å². The summed E-state index contributed by atoms with van der Waals surface area (Å²) in [5.41, 5.74) is 4.52. The van der Waals surface area contributed by atoms with Gasteiger partial charge < -0.3 is 4.42 Å². The predicted molar refractivity (Wildman–Crippen MR) is 111 cm³/mol. The van der Waals surface area contributed by atoms with Crippen molar-refractivity contribution in [1.29, 1.82) is 0 Å². The van der Waals surface area contributed by atoms with Crippen molar-refractivity contribution in [3.63, 3.8) is 0 Å². The first-order chi connectivity index (χ1) is 13.1. The number of halogens is 2. The molecule has 0 aliphatic heterocycles. The Morgan fingerprint density at radius 1 is 1.15 bits per heavy atom. The summed E-state index contributed by atoms with van der Waals surface area (Å²) in [6.07, 6.45) is 1.61. The van der Waals surface area contributed by atoms with Gasteiger partial charge in [-0.3, -0.25) is 5.43 Å². The summed E-state index contributed by atoms with van der Waals surface area (Å²) in [6.45, 7) is 0. The van der Waals surface area contributed by atoms with Crippen molar-refractivity contribution < 1.29 is 4.42 Å². The molecule has 0 fully saturated rings. The highest BCUT2D eigenvalue weighted by Gasteiger charge is 2.12. The van der Waals surface area contributed by atoms with Gasteiger partial charge in [-0.2, -0.15) is 5.10 Å². The molecule has 2 heterocycles. The van der Waals surface area contributed by atoms with E-state index in [1.165, 1.54) is 11.3 Å². The highest BCUT2D eigenvalue weighted by atomic mass is 35.5. The van der Waals surface area contributed by atoms with Crippen molar-refractivity contribution in [3.8, 4) is 11.3 Å². The van der Waals surface area contributed by atoms with E-state index in [1.807, 2.05) is 18.2 Å². The van der Waals surface area contributed by atoms with Crippen molar-refractivity contribution in [2.75, 3.05) is 5.43 Å². The number of benzene rings is 2. The molecule has 2 aromatic heterocycles. The van der Waals surface area contributed by atoms with Crippen LogP contribution in [0.25, 0.3) is 22.2 Å². The number of nitrogens with zero attached hydrogens (tertiary/aromatic N) is 2. The second-order valence-electron chi connectivity index (χ2n) is 5.56. The van der Waals surface area contributed by atoms with Gasteiger partial charge in [0.15, 0.2) is 0 Å². The van der Waals surface area contributed by atoms with Crippen LogP contribution in [-0.2, 0) is 0 Å². The lowest BCUT2D eigenvalue weighted by molar-refractivity contribution is 0.563. The topological polar surface area (TPSA) is 67.5 Å². The largest absolute Gasteiger partial charge is 0.422 e. The van der Waals surface area contributed by atoms with Crippen LogP contribution in [0.15, 0.2) is 68.2 Å². The first kappa shape index (κ1) is 17.7. The molecule has 0 aliphatic carbocycles. The van der Waals surface area contributed by atoms with E-state index >= 15 is 0 Å². The number of anilines is 1. The first-order valence-electron chi connectivity index (χ1n) is 7.83. The molecule has 27 heavy (non-hydrogen) atoms. The zero-order valence-corrected chi connectivity index (χ0v) is 16.0. The van der Waals surface area contributed by atoms with E-state index in [0.717, 1.165) is 10.9 Å². The molecule has 0 bridgehead atoms. The molecule has 4 rings (SSSR count). The summed E-state index contributed by atoms with van der Waals surface area (Å²) < 4.78 is 5.35. The van der Waals surface area contributed by atoms with E-state index in [1.54, 1.807) is 41.9 Å². The van der Waals surface area contributed by atoms with Crippen LogP contribution in [0.4, 0.5) is 5.13 Å². The highest BCUT2D eigenvalue weighted by Crippen LogP contribution is 2.26. The zero-order chi connectivity index (χ0) is 18.8. The monoisotopic (exact) mass is 415 g/mol. The third-order valence-corrected chi connectivity index (χ3v) is 5.07. The van der Waals surface area contributed by atoms with E-state index in [2.05, 4.69) is 15.5 Å². The molecule has 0 spiro atoms. The molecular formula is C19H11Cl2N3O2S.